The van der Waals surface area contributed by atoms with Crippen LogP contribution in [0.1, 0.15) is 16.8 Å². The highest BCUT2D eigenvalue weighted by atomic mass is 16.6. The molecule has 1 unspecified atom stereocenters. The summed E-state index contributed by atoms with van der Waals surface area (Å²) < 4.78 is 4.99. The normalized spacial score (nSPS) is 18.2. The molecule has 0 saturated carbocycles. The van der Waals surface area contributed by atoms with Crippen LogP contribution < -0.4 is 5.32 Å². The third kappa shape index (κ3) is 2.45. The number of nitro groups is 1. The summed E-state index contributed by atoms with van der Waals surface area (Å²) in [4.78, 5) is 32.7. The smallest absolute Gasteiger partial charge is 0.338 e. The van der Waals surface area contributed by atoms with Crippen LogP contribution in [-0.4, -0.2) is 29.4 Å². The van der Waals surface area contributed by atoms with Gasteiger partial charge in [-0.15, -0.1) is 0 Å². The van der Waals surface area contributed by atoms with E-state index in [1.54, 1.807) is 0 Å². The van der Waals surface area contributed by atoms with Gasteiger partial charge >= 0.3 is 5.97 Å². The van der Waals surface area contributed by atoms with Crippen molar-refractivity contribution in [3.63, 3.8) is 0 Å². The van der Waals surface area contributed by atoms with Crippen molar-refractivity contribution in [3.8, 4) is 0 Å². The Morgan fingerprint density at radius 2 is 2.06 bits per heavy atom. The van der Waals surface area contributed by atoms with E-state index in [1.807, 2.05) is 0 Å². The molecule has 0 spiro atoms. The minimum absolute atomic E-state index is 0.106. The van der Waals surface area contributed by atoms with Crippen molar-refractivity contribution in [2.75, 3.05) is 6.54 Å². The highest BCUT2D eigenvalue weighted by molar-refractivity contribution is 5.93. The lowest BCUT2D eigenvalue weighted by Gasteiger charge is -2.08. The lowest BCUT2D eigenvalue weighted by atomic mass is 10.2. The zero-order valence-corrected chi connectivity index (χ0v) is 9.29. The average molecular weight is 250 g/mol. The fourth-order valence-corrected chi connectivity index (χ4v) is 1.60. The van der Waals surface area contributed by atoms with Crippen molar-refractivity contribution < 1.29 is 19.2 Å². The monoisotopic (exact) mass is 250 g/mol. The van der Waals surface area contributed by atoms with Gasteiger partial charge in [0.15, 0.2) is 6.10 Å². The Morgan fingerprint density at radius 1 is 1.39 bits per heavy atom. The molecule has 18 heavy (non-hydrogen) atoms. The molecule has 0 radical (unpaired) electrons. The van der Waals surface area contributed by atoms with Gasteiger partial charge in [-0.1, -0.05) is 0 Å². The second-order valence-electron chi connectivity index (χ2n) is 3.78. The average Bonchev–Trinajstić information content (AvgIpc) is 2.75. The predicted molar refractivity (Wildman–Crippen MR) is 59.9 cm³/mol. The molecule has 1 aliphatic rings. The maximum Gasteiger partial charge on any atom is 0.338 e. The Morgan fingerprint density at radius 3 is 2.56 bits per heavy atom. The van der Waals surface area contributed by atoms with Crippen LogP contribution in [0.2, 0.25) is 0 Å². The van der Waals surface area contributed by atoms with Crippen molar-refractivity contribution in [2.24, 2.45) is 0 Å². The molecule has 1 atom stereocenters. The fraction of sp³-hybridized carbons (Fsp3) is 0.273. The molecule has 94 valence electrons. The van der Waals surface area contributed by atoms with Crippen molar-refractivity contribution in [3.05, 3.63) is 39.9 Å². The second kappa shape index (κ2) is 4.82. The number of nitrogens with one attached hydrogen (secondary N) is 1. The van der Waals surface area contributed by atoms with Crippen LogP contribution in [0.25, 0.3) is 0 Å². The number of hydrogen-bond donors (Lipinski definition) is 1. The number of esters is 1. The SMILES string of the molecule is O=C(OC1CCNC1=O)c1ccc([N+](=O)[O-])cc1. The summed E-state index contributed by atoms with van der Waals surface area (Å²) in [6, 6.07) is 5.03. The van der Waals surface area contributed by atoms with E-state index in [0.29, 0.717) is 13.0 Å². The summed E-state index contributed by atoms with van der Waals surface area (Å²) >= 11 is 0. The molecular formula is C11H10N2O5. The first-order valence-electron chi connectivity index (χ1n) is 5.31. The van der Waals surface area contributed by atoms with Crippen LogP contribution in [0.4, 0.5) is 5.69 Å². The molecule has 7 nitrogen and oxygen atoms in total. The van der Waals surface area contributed by atoms with Gasteiger partial charge in [0.2, 0.25) is 0 Å². The molecule has 7 heteroatoms. The topological polar surface area (TPSA) is 98.5 Å². The Hall–Kier alpha value is -2.44. The molecule has 0 bridgehead atoms. The Kier molecular flexibility index (Phi) is 3.22. The van der Waals surface area contributed by atoms with Gasteiger partial charge in [-0.2, -0.15) is 0 Å². The largest absolute Gasteiger partial charge is 0.449 e. The number of nitro benzene ring substituents is 1. The summed E-state index contributed by atoms with van der Waals surface area (Å²) in [7, 11) is 0. The molecule has 1 aromatic rings. The minimum atomic E-state index is -0.771. The van der Waals surface area contributed by atoms with E-state index < -0.39 is 17.0 Å². The van der Waals surface area contributed by atoms with Crippen LogP contribution in [0.3, 0.4) is 0 Å². The number of ether oxygens (including phenoxy) is 1. The zero-order chi connectivity index (χ0) is 13.1. The number of carbonyl (C=O) groups excluding carboxylic acids is 2. The maximum atomic E-state index is 11.7. The number of non-ortho nitro benzene ring substituents is 1. The zero-order valence-electron chi connectivity index (χ0n) is 9.29. The first-order chi connectivity index (χ1) is 8.58. The maximum absolute atomic E-state index is 11.7. The van der Waals surface area contributed by atoms with Crippen molar-refractivity contribution in [2.45, 2.75) is 12.5 Å². The third-order valence-corrected chi connectivity index (χ3v) is 2.56. The lowest BCUT2D eigenvalue weighted by Crippen LogP contribution is -2.27. The molecule has 2 rings (SSSR count). The summed E-state index contributed by atoms with van der Waals surface area (Å²) in [6.45, 7) is 0.483. The molecule has 1 amide bonds. The minimum Gasteiger partial charge on any atom is -0.449 e. The van der Waals surface area contributed by atoms with E-state index in [4.69, 9.17) is 4.74 Å². The Balaban J connectivity index is 2.04. The van der Waals surface area contributed by atoms with Gasteiger partial charge < -0.3 is 10.1 Å². The van der Waals surface area contributed by atoms with E-state index in [1.165, 1.54) is 24.3 Å². The number of rotatable bonds is 3. The molecule has 1 fully saturated rings. The summed E-state index contributed by atoms with van der Waals surface area (Å²) in [5.41, 5.74) is 0.0745. The summed E-state index contributed by atoms with van der Waals surface area (Å²) in [6.07, 6.45) is -0.329. The van der Waals surface area contributed by atoms with Gasteiger partial charge in [-0.3, -0.25) is 14.9 Å². The first-order valence-corrected chi connectivity index (χ1v) is 5.31. The van der Waals surface area contributed by atoms with Gasteiger partial charge in [0.05, 0.1) is 10.5 Å². The summed E-state index contributed by atoms with van der Waals surface area (Å²) in [5.74, 6) is -0.975. The number of amides is 1. The van der Waals surface area contributed by atoms with Crippen molar-refractivity contribution in [1.29, 1.82) is 0 Å². The van der Waals surface area contributed by atoms with E-state index in [9.17, 15) is 19.7 Å². The van der Waals surface area contributed by atoms with Gasteiger partial charge in [0.1, 0.15) is 0 Å². The van der Waals surface area contributed by atoms with Gasteiger partial charge in [-0.05, 0) is 12.1 Å². The number of hydrogen-bond acceptors (Lipinski definition) is 5. The Labute approximate surface area is 102 Å². The molecule has 1 aromatic carbocycles. The number of carbonyl (C=O) groups is 2. The van der Waals surface area contributed by atoms with Crippen LogP contribution in [0.15, 0.2) is 24.3 Å². The van der Waals surface area contributed by atoms with Crippen LogP contribution in [-0.2, 0) is 9.53 Å². The molecule has 1 saturated heterocycles. The molecule has 1 heterocycles. The molecule has 1 N–H and O–H groups in total. The third-order valence-electron chi connectivity index (χ3n) is 2.56. The van der Waals surface area contributed by atoms with E-state index >= 15 is 0 Å². The van der Waals surface area contributed by atoms with Gasteiger partial charge in [0.25, 0.3) is 11.6 Å². The van der Waals surface area contributed by atoms with E-state index in [0.717, 1.165) is 0 Å². The standard InChI is InChI=1S/C11H10N2O5/c14-10-9(5-6-12-10)18-11(15)7-1-3-8(4-2-7)13(16)17/h1-4,9H,5-6H2,(H,12,14). The first kappa shape index (κ1) is 12.0. The molecule has 0 aliphatic carbocycles. The van der Waals surface area contributed by atoms with E-state index in [-0.39, 0.29) is 17.2 Å². The van der Waals surface area contributed by atoms with Crippen LogP contribution >= 0.6 is 0 Å². The van der Waals surface area contributed by atoms with Gasteiger partial charge in [-0.25, -0.2) is 4.79 Å². The van der Waals surface area contributed by atoms with Crippen LogP contribution in [0, 0.1) is 10.1 Å². The summed E-state index contributed by atoms with van der Waals surface area (Å²) in [5, 5.41) is 13.0. The van der Waals surface area contributed by atoms with Crippen molar-refractivity contribution >= 4 is 17.6 Å². The highest BCUT2D eigenvalue weighted by Gasteiger charge is 2.28. The van der Waals surface area contributed by atoms with Crippen molar-refractivity contribution in [1.82, 2.24) is 5.32 Å². The van der Waals surface area contributed by atoms with Crippen LogP contribution in [0.5, 0.6) is 0 Å². The van der Waals surface area contributed by atoms with E-state index in [2.05, 4.69) is 5.32 Å². The Bertz CT molecular complexity index is 497. The molecule has 1 aliphatic heterocycles. The van der Waals surface area contributed by atoms with Gasteiger partial charge in [0, 0.05) is 25.1 Å². The highest BCUT2D eigenvalue weighted by Crippen LogP contribution is 2.14. The molecule has 0 aromatic heterocycles. The predicted octanol–water partition coefficient (Wildman–Crippen LogP) is 0.640. The fourth-order valence-electron chi connectivity index (χ4n) is 1.60. The number of benzene rings is 1. The molecular weight excluding hydrogens is 240 g/mol. The second-order valence-corrected chi connectivity index (χ2v) is 3.78. The number of nitrogens with zero attached hydrogens (tertiary/aromatic N) is 1. The lowest BCUT2D eigenvalue weighted by molar-refractivity contribution is -0.384. The quantitative estimate of drug-likeness (QED) is 0.482.